The molecular formula is C28H39NO5S2. The van der Waals surface area contributed by atoms with Crippen molar-refractivity contribution in [2.24, 2.45) is 28.4 Å². The third kappa shape index (κ3) is 5.45. The fourth-order valence-electron chi connectivity index (χ4n) is 6.78. The van der Waals surface area contributed by atoms with Crippen molar-refractivity contribution in [3.63, 3.8) is 0 Å². The highest BCUT2D eigenvalue weighted by molar-refractivity contribution is 8.77. The molecule has 0 spiro atoms. The molecule has 0 aromatic carbocycles. The predicted molar refractivity (Wildman–Crippen MR) is 145 cm³/mol. The molecule has 0 bridgehead atoms. The van der Waals surface area contributed by atoms with Crippen LogP contribution in [0.1, 0.15) is 71.6 Å². The number of allylic oxidation sites excluding steroid dienone is 2. The zero-order valence-corrected chi connectivity index (χ0v) is 23.1. The molecule has 0 aromatic heterocycles. The Labute approximate surface area is 222 Å². The van der Waals surface area contributed by atoms with Gasteiger partial charge in [-0.05, 0) is 69.3 Å². The summed E-state index contributed by atoms with van der Waals surface area (Å²) >= 11 is 0. The van der Waals surface area contributed by atoms with E-state index in [0.717, 1.165) is 44.1 Å². The summed E-state index contributed by atoms with van der Waals surface area (Å²) in [7, 11) is 3.90. The maximum atomic E-state index is 13.0. The summed E-state index contributed by atoms with van der Waals surface area (Å²) in [5.41, 5.74) is 6.46. The highest BCUT2D eigenvalue weighted by Gasteiger charge is 2.61. The molecule has 2 heterocycles. The molecule has 1 amide bonds. The summed E-state index contributed by atoms with van der Waals surface area (Å²) in [5.74, 6) is 0.201. The predicted octanol–water partition coefficient (Wildman–Crippen LogP) is 5.53. The first kappa shape index (κ1) is 27.4. The molecule has 6 atom stereocenters. The summed E-state index contributed by atoms with van der Waals surface area (Å²) in [4.78, 5) is 37.7. The lowest BCUT2D eigenvalue weighted by Crippen LogP contribution is -2.61. The van der Waals surface area contributed by atoms with Crippen molar-refractivity contribution in [1.29, 1.82) is 0 Å². The molecule has 8 heteroatoms. The highest BCUT2D eigenvalue weighted by Crippen LogP contribution is 2.62. The van der Waals surface area contributed by atoms with E-state index in [1.54, 1.807) is 6.08 Å². The third-order valence-corrected chi connectivity index (χ3v) is 12.0. The summed E-state index contributed by atoms with van der Waals surface area (Å²) < 4.78 is 11.0. The lowest BCUT2D eigenvalue weighted by Gasteiger charge is -2.59. The minimum absolute atomic E-state index is 0.00695. The van der Waals surface area contributed by atoms with Crippen molar-refractivity contribution < 1.29 is 23.9 Å². The quantitative estimate of drug-likeness (QED) is 0.180. The molecule has 36 heavy (non-hydrogen) atoms. The summed E-state index contributed by atoms with van der Waals surface area (Å²) in [6.45, 7) is 8.71. The Morgan fingerprint density at radius 2 is 2.08 bits per heavy atom. The van der Waals surface area contributed by atoms with E-state index in [2.05, 4.69) is 13.5 Å². The van der Waals surface area contributed by atoms with E-state index in [0.29, 0.717) is 30.3 Å². The first-order valence-electron chi connectivity index (χ1n) is 13.2. The van der Waals surface area contributed by atoms with Gasteiger partial charge in [-0.15, -0.1) is 0 Å². The van der Waals surface area contributed by atoms with Gasteiger partial charge < -0.3 is 15.2 Å². The van der Waals surface area contributed by atoms with Gasteiger partial charge in [-0.2, -0.15) is 0 Å². The number of cyclic esters (lactones) is 1. The van der Waals surface area contributed by atoms with E-state index in [1.165, 1.54) is 12.2 Å². The minimum atomic E-state index is -0.960. The monoisotopic (exact) mass is 533 g/mol. The smallest absolute Gasteiger partial charge is 0.338 e. The van der Waals surface area contributed by atoms with Gasteiger partial charge in [-0.25, -0.2) is 4.79 Å². The van der Waals surface area contributed by atoms with Crippen molar-refractivity contribution in [2.45, 2.75) is 83.0 Å². The number of primary amides is 1. The molecule has 2 N–H and O–H groups in total. The first-order chi connectivity index (χ1) is 17.2. The van der Waals surface area contributed by atoms with Gasteiger partial charge in [0.25, 0.3) is 0 Å². The zero-order chi connectivity index (χ0) is 25.9. The van der Waals surface area contributed by atoms with Crippen LogP contribution in [0.4, 0.5) is 0 Å². The largest absolute Gasteiger partial charge is 0.461 e. The molecule has 0 unspecified atom stereocenters. The molecule has 0 aromatic rings. The van der Waals surface area contributed by atoms with Crippen molar-refractivity contribution >= 4 is 39.4 Å². The van der Waals surface area contributed by atoms with E-state index < -0.39 is 17.4 Å². The molecular weight excluding hydrogens is 494 g/mol. The molecule has 198 valence electrons. The second kappa shape index (κ2) is 11.4. The minimum Gasteiger partial charge on any atom is -0.461 e. The normalized spacial score (nSPS) is 36.4. The van der Waals surface area contributed by atoms with Crippen LogP contribution in [0, 0.1) is 22.7 Å². The van der Waals surface area contributed by atoms with Gasteiger partial charge >= 0.3 is 11.9 Å². The summed E-state index contributed by atoms with van der Waals surface area (Å²) in [6.07, 6.45) is 12.6. The first-order valence-corrected chi connectivity index (χ1v) is 15.5. The number of nitrogens with two attached hydrogens (primary N) is 1. The SMILES string of the molecule is C=C1CC[C@H]2[C@](C)(CC[C@@H](OC(=O)CCCC[C@@H]3CCSS3)[C@@]2(C)C(N)=O)[C@@H]1/C=C/C1=CCOC1=O. The van der Waals surface area contributed by atoms with Gasteiger partial charge in [0, 0.05) is 23.3 Å². The number of fused-ring (bicyclic) bond motifs is 1. The lowest BCUT2D eigenvalue weighted by molar-refractivity contribution is -0.182. The van der Waals surface area contributed by atoms with Gasteiger partial charge in [0.15, 0.2) is 0 Å². The van der Waals surface area contributed by atoms with E-state index in [4.69, 9.17) is 15.2 Å². The van der Waals surface area contributed by atoms with Crippen LogP contribution in [0.2, 0.25) is 0 Å². The average Bonchev–Trinajstić information content (AvgIpc) is 3.50. The topological polar surface area (TPSA) is 95.7 Å². The van der Waals surface area contributed by atoms with E-state index in [-0.39, 0.29) is 29.2 Å². The van der Waals surface area contributed by atoms with Gasteiger partial charge in [-0.3, -0.25) is 9.59 Å². The van der Waals surface area contributed by atoms with Crippen molar-refractivity contribution in [2.75, 3.05) is 12.4 Å². The van der Waals surface area contributed by atoms with E-state index >= 15 is 0 Å². The fraction of sp³-hybridized carbons (Fsp3) is 0.679. The molecule has 2 aliphatic heterocycles. The molecule has 4 rings (SSSR count). The van der Waals surface area contributed by atoms with Gasteiger partial charge in [0.2, 0.25) is 5.91 Å². The lowest BCUT2D eigenvalue weighted by atomic mass is 9.46. The maximum Gasteiger partial charge on any atom is 0.338 e. The number of ether oxygens (including phenoxy) is 2. The summed E-state index contributed by atoms with van der Waals surface area (Å²) in [5, 5.41) is 0.707. The number of amides is 1. The van der Waals surface area contributed by atoms with Crippen LogP contribution in [0.15, 0.2) is 36.0 Å². The Morgan fingerprint density at radius 3 is 2.75 bits per heavy atom. The number of rotatable bonds is 9. The highest BCUT2D eigenvalue weighted by atomic mass is 33.1. The third-order valence-electron chi connectivity index (χ3n) is 8.95. The number of hydrogen-bond donors (Lipinski definition) is 1. The molecule has 1 saturated heterocycles. The number of hydrogen-bond acceptors (Lipinski definition) is 7. The maximum absolute atomic E-state index is 13.0. The average molecular weight is 534 g/mol. The fourth-order valence-corrected chi connectivity index (χ4v) is 9.81. The van der Waals surface area contributed by atoms with Gasteiger partial charge in [0.05, 0.1) is 11.0 Å². The van der Waals surface area contributed by atoms with Crippen molar-refractivity contribution in [1.82, 2.24) is 0 Å². The second-order valence-electron chi connectivity index (χ2n) is 11.1. The Bertz CT molecular complexity index is 956. The van der Waals surface area contributed by atoms with Crippen LogP contribution in [0.25, 0.3) is 0 Å². The Kier molecular flexibility index (Phi) is 8.65. The Hall–Kier alpha value is -1.67. The Morgan fingerprint density at radius 1 is 1.28 bits per heavy atom. The van der Waals surface area contributed by atoms with Crippen LogP contribution in [0.5, 0.6) is 0 Å². The van der Waals surface area contributed by atoms with Crippen LogP contribution in [-0.2, 0) is 23.9 Å². The Balaban J connectivity index is 1.44. The van der Waals surface area contributed by atoms with Crippen LogP contribution in [0.3, 0.4) is 0 Å². The number of unbranched alkanes of at least 4 members (excludes halogenated alkanes) is 1. The molecule has 0 radical (unpaired) electrons. The van der Waals surface area contributed by atoms with E-state index in [1.807, 2.05) is 40.7 Å². The summed E-state index contributed by atoms with van der Waals surface area (Å²) in [6, 6.07) is 0. The molecule has 2 aliphatic carbocycles. The molecule has 3 fully saturated rings. The molecule has 4 aliphatic rings. The second-order valence-corrected chi connectivity index (χ2v) is 13.9. The van der Waals surface area contributed by atoms with Gasteiger partial charge in [0.1, 0.15) is 12.7 Å². The van der Waals surface area contributed by atoms with Crippen molar-refractivity contribution in [3.05, 3.63) is 36.0 Å². The van der Waals surface area contributed by atoms with E-state index in [9.17, 15) is 14.4 Å². The number of esters is 2. The van der Waals surface area contributed by atoms with Crippen LogP contribution < -0.4 is 5.73 Å². The molecule has 2 saturated carbocycles. The number of carbonyl (C=O) groups excluding carboxylic acids is 3. The van der Waals surface area contributed by atoms with Crippen LogP contribution >= 0.6 is 21.6 Å². The standard InChI is InChI=1S/C28H39NO5S2/c1-18-8-11-22-27(2,21(18)10-9-19-13-16-33-25(19)31)15-12-23(28(22,3)26(29)32)34-24(30)7-5-4-6-20-14-17-35-36-20/h9-10,13,20-23H,1,4-8,11-12,14-17H2,2-3H3,(H2,29,32)/b10-9+/t20-,21-,22+,23-,27-,28+/m1/s1. The van der Waals surface area contributed by atoms with Gasteiger partial charge in [-0.1, -0.05) is 59.2 Å². The van der Waals surface area contributed by atoms with Crippen LogP contribution in [-0.4, -0.2) is 41.6 Å². The van der Waals surface area contributed by atoms with Crippen molar-refractivity contribution in [3.8, 4) is 0 Å². The number of carbonyl (C=O) groups is 3. The molecule has 6 nitrogen and oxygen atoms in total. The zero-order valence-electron chi connectivity index (χ0n) is 21.5.